The van der Waals surface area contributed by atoms with Crippen molar-refractivity contribution in [2.75, 3.05) is 28.2 Å². The number of hydrogen-bond acceptors (Lipinski definition) is 5. The second kappa shape index (κ2) is 10.0. The standard InChI is InChI=1S/C25H34N6S/c32-25(26-21-12-4-1-2-5-13-21)29-24-27-22(30-14-8-3-9-15-30)16-23(28-24)31-17-19-10-6-7-11-20(19)18-31/h6-7,10-11,16,21H,1-5,8-9,12-15,17-18H2,(H2,26,27,28,29,32). The van der Waals surface area contributed by atoms with Crippen molar-refractivity contribution < 1.29 is 0 Å². The fraction of sp³-hybridized carbons (Fsp3) is 0.560. The molecular weight excluding hydrogens is 416 g/mol. The van der Waals surface area contributed by atoms with Crippen LogP contribution in [0.3, 0.4) is 0 Å². The van der Waals surface area contributed by atoms with Crippen LogP contribution in [0.5, 0.6) is 0 Å². The summed E-state index contributed by atoms with van der Waals surface area (Å²) in [5, 5.41) is 7.48. The van der Waals surface area contributed by atoms with Crippen LogP contribution in [0.1, 0.15) is 68.9 Å². The molecule has 1 saturated heterocycles. The highest BCUT2D eigenvalue weighted by Crippen LogP contribution is 2.30. The van der Waals surface area contributed by atoms with E-state index in [4.69, 9.17) is 22.2 Å². The fourth-order valence-electron chi connectivity index (χ4n) is 5.17. The zero-order chi connectivity index (χ0) is 21.8. The van der Waals surface area contributed by atoms with Crippen molar-refractivity contribution in [3.05, 3.63) is 41.5 Å². The Hall–Kier alpha value is -2.41. The van der Waals surface area contributed by atoms with Gasteiger partial charge in [0.2, 0.25) is 5.95 Å². The molecule has 6 nitrogen and oxygen atoms in total. The number of aromatic nitrogens is 2. The molecule has 32 heavy (non-hydrogen) atoms. The fourth-order valence-corrected chi connectivity index (χ4v) is 5.42. The second-order valence-corrected chi connectivity index (χ2v) is 9.78. The Morgan fingerprint density at radius 1 is 0.812 bits per heavy atom. The molecule has 5 rings (SSSR count). The molecule has 7 heteroatoms. The van der Waals surface area contributed by atoms with Gasteiger partial charge in [0.05, 0.1) is 0 Å². The highest BCUT2D eigenvalue weighted by molar-refractivity contribution is 7.80. The number of nitrogens with one attached hydrogen (secondary N) is 2. The van der Waals surface area contributed by atoms with Gasteiger partial charge in [-0.15, -0.1) is 0 Å². The van der Waals surface area contributed by atoms with Gasteiger partial charge in [0.25, 0.3) is 0 Å². The topological polar surface area (TPSA) is 56.3 Å². The summed E-state index contributed by atoms with van der Waals surface area (Å²) in [6, 6.07) is 11.3. The van der Waals surface area contributed by atoms with E-state index in [0.717, 1.165) is 37.8 Å². The van der Waals surface area contributed by atoms with Crippen LogP contribution in [-0.4, -0.2) is 34.2 Å². The van der Waals surface area contributed by atoms with Crippen LogP contribution >= 0.6 is 12.2 Å². The molecule has 0 amide bonds. The molecule has 0 atom stereocenters. The Labute approximate surface area is 196 Å². The molecular formula is C25H34N6S. The Balaban J connectivity index is 1.35. The van der Waals surface area contributed by atoms with Gasteiger partial charge in [0.1, 0.15) is 11.6 Å². The normalized spacial score (nSPS) is 19.4. The van der Waals surface area contributed by atoms with E-state index in [9.17, 15) is 0 Å². The molecule has 170 valence electrons. The summed E-state index contributed by atoms with van der Waals surface area (Å²) >= 11 is 5.67. The Bertz CT molecular complexity index is 909. The van der Waals surface area contributed by atoms with Crippen molar-refractivity contribution in [3.63, 3.8) is 0 Å². The molecule has 1 aromatic heterocycles. The van der Waals surface area contributed by atoms with Crippen LogP contribution in [0, 0.1) is 0 Å². The molecule has 2 N–H and O–H groups in total. The predicted octanol–water partition coefficient (Wildman–Crippen LogP) is 5.00. The summed E-state index contributed by atoms with van der Waals surface area (Å²) in [7, 11) is 0. The van der Waals surface area contributed by atoms with Crippen molar-refractivity contribution in [1.82, 2.24) is 15.3 Å². The van der Waals surface area contributed by atoms with Crippen LogP contribution in [0.2, 0.25) is 0 Å². The van der Waals surface area contributed by atoms with Crippen molar-refractivity contribution in [2.45, 2.75) is 76.9 Å². The number of benzene rings is 1. The van der Waals surface area contributed by atoms with Crippen molar-refractivity contribution in [1.29, 1.82) is 0 Å². The quantitative estimate of drug-likeness (QED) is 0.502. The molecule has 1 aliphatic carbocycles. The van der Waals surface area contributed by atoms with Gasteiger partial charge < -0.3 is 20.4 Å². The summed E-state index contributed by atoms with van der Waals surface area (Å²) in [5.41, 5.74) is 2.76. The highest BCUT2D eigenvalue weighted by Gasteiger charge is 2.23. The highest BCUT2D eigenvalue weighted by atomic mass is 32.1. The van der Waals surface area contributed by atoms with Gasteiger partial charge in [0, 0.05) is 38.3 Å². The summed E-state index contributed by atoms with van der Waals surface area (Å²) < 4.78 is 0. The van der Waals surface area contributed by atoms with Gasteiger partial charge in [-0.1, -0.05) is 49.9 Å². The summed E-state index contributed by atoms with van der Waals surface area (Å²) in [6.45, 7) is 3.88. The first-order chi connectivity index (χ1) is 15.7. The van der Waals surface area contributed by atoms with Crippen LogP contribution in [-0.2, 0) is 13.1 Å². The molecule has 2 aromatic rings. The predicted molar refractivity (Wildman–Crippen MR) is 135 cm³/mol. The van der Waals surface area contributed by atoms with Gasteiger partial charge in [-0.05, 0) is 55.4 Å². The lowest BCUT2D eigenvalue weighted by Gasteiger charge is -2.29. The van der Waals surface area contributed by atoms with Crippen LogP contribution in [0.25, 0.3) is 0 Å². The van der Waals surface area contributed by atoms with Crippen LogP contribution in [0.4, 0.5) is 17.6 Å². The lowest BCUT2D eigenvalue weighted by molar-refractivity contribution is 0.535. The van der Waals surface area contributed by atoms with E-state index in [1.807, 2.05) is 0 Å². The maximum atomic E-state index is 5.67. The SMILES string of the molecule is S=C(Nc1nc(N2CCCCC2)cc(N2Cc3ccccc3C2)n1)NC1CCCCCC1. The average Bonchev–Trinajstić information content (AvgIpc) is 3.10. The van der Waals surface area contributed by atoms with E-state index in [1.165, 1.54) is 68.9 Å². The zero-order valence-corrected chi connectivity index (χ0v) is 19.7. The first-order valence-corrected chi connectivity index (χ1v) is 12.7. The van der Waals surface area contributed by atoms with E-state index in [2.05, 4.69) is 50.8 Å². The molecule has 1 saturated carbocycles. The van der Waals surface area contributed by atoms with Gasteiger partial charge in [-0.3, -0.25) is 0 Å². The third-order valence-electron chi connectivity index (χ3n) is 6.96. The van der Waals surface area contributed by atoms with Crippen molar-refractivity contribution in [3.8, 4) is 0 Å². The van der Waals surface area contributed by atoms with E-state index in [1.54, 1.807) is 0 Å². The molecule has 1 aromatic carbocycles. The first kappa shape index (κ1) is 21.4. The van der Waals surface area contributed by atoms with Crippen molar-refractivity contribution >= 4 is 34.9 Å². The summed E-state index contributed by atoms with van der Waals surface area (Å²) in [6.07, 6.45) is 11.3. The summed E-state index contributed by atoms with van der Waals surface area (Å²) in [5.74, 6) is 2.58. The lowest BCUT2D eigenvalue weighted by Crippen LogP contribution is -2.38. The number of rotatable bonds is 4. The van der Waals surface area contributed by atoms with Gasteiger partial charge >= 0.3 is 0 Å². The number of hydrogen-bond donors (Lipinski definition) is 2. The smallest absolute Gasteiger partial charge is 0.232 e. The Morgan fingerprint density at radius 3 is 2.06 bits per heavy atom. The average molecular weight is 451 g/mol. The monoisotopic (exact) mass is 450 g/mol. The molecule has 0 spiro atoms. The maximum absolute atomic E-state index is 5.67. The first-order valence-electron chi connectivity index (χ1n) is 12.3. The number of fused-ring (bicyclic) bond motifs is 1. The third kappa shape index (κ3) is 5.14. The minimum atomic E-state index is 0.454. The van der Waals surface area contributed by atoms with Crippen molar-refractivity contribution in [2.24, 2.45) is 0 Å². The van der Waals surface area contributed by atoms with E-state index in [-0.39, 0.29) is 0 Å². The molecule has 3 heterocycles. The van der Waals surface area contributed by atoms with E-state index in [0.29, 0.717) is 17.1 Å². The maximum Gasteiger partial charge on any atom is 0.232 e. The Kier molecular flexibility index (Phi) is 6.72. The minimum Gasteiger partial charge on any atom is -0.360 e. The van der Waals surface area contributed by atoms with Crippen LogP contribution < -0.4 is 20.4 Å². The van der Waals surface area contributed by atoms with E-state index < -0.39 is 0 Å². The largest absolute Gasteiger partial charge is 0.360 e. The molecule has 2 aliphatic heterocycles. The summed E-state index contributed by atoms with van der Waals surface area (Å²) in [4.78, 5) is 14.5. The van der Waals surface area contributed by atoms with Gasteiger partial charge in [-0.2, -0.15) is 9.97 Å². The molecule has 3 aliphatic rings. The van der Waals surface area contributed by atoms with Gasteiger partial charge in [-0.25, -0.2) is 0 Å². The molecule has 0 unspecified atom stereocenters. The molecule has 2 fully saturated rings. The Morgan fingerprint density at radius 2 is 1.41 bits per heavy atom. The van der Waals surface area contributed by atoms with Crippen LogP contribution in [0.15, 0.2) is 30.3 Å². The molecule has 0 radical (unpaired) electrons. The lowest BCUT2D eigenvalue weighted by atomic mass is 10.1. The number of nitrogens with zero attached hydrogens (tertiary/aromatic N) is 4. The zero-order valence-electron chi connectivity index (χ0n) is 18.9. The number of anilines is 3. The third-order valence-corrected chi connectivity index (χ3v) is 7.18. The van der Waals surface area contributed by atoms with Gasteiger partial charge in [0.15, 0.2) is 5.11 Å². The number of piperidine rings is 1. The second-order valence-electron chi connectivity index (χ2n) is 9.37. The number of thiocarbonyl (C=S) groups is 1. The van der Waals surface area contributed by atoms with E-state index >= 15 is 0 Å². The minimum absolute atomic E-state index is 0.454. The molecule has 0 bridgehead atoms.